The second-order valence-electron chi connectivity index (χ2n) is 9.60. The number of hydrogen-bond acceptors (Lipinski definition) is 5. The highest BCUT2D eigenvalue weighted by Crippen LogP contribution is 2.34. The van der Waals surface area contributed by atoms with E-state index in [9.17, 15) is 24.6 Å². The largest absolute Gasteiger partial charge is 0.494 e. The number of benzene rings is 1. The molecule has 0 saturated carbocycles. The Hall–Kier alpha value is -3.56. The van der Waals surface area contributed by atoms with Crippen molar-refractivity contribution in [2.45, 2.75) is 45.8 Å². The highest BCUT2D eigenvalue weighted by atomic mass is 35.5. The van der Waals surface area contributed by atoms with E-state index in [1.165, 1.54) is 11.0 Å². The van der Waals surface area contributed by atoms with Gasteiger partial charge in [-0.3, -0.25) is 14.5 Å². The van der Waals surface area contributed by atoms with Gasteiger partial charge in [0, 0.05) is 30.8 Å². The van der Waals surface area contributed by atoms with Crippen LogP contribution in [0.4, 0.5) is 4.79 Å². The summed E-state index contributed by atoms with van der Waals surface area (Å²) in [5.74, 6) is -0.668. The second kappa shape index (κ2) is 9.83. The molecule has 0 spiro atoms. The maximum absolute atomic E-state index is 12.7. The van der Waals surface area contributed by atoms with Crippen LogP contribution in [0.2, 0.25) is 4.34 Å². The number of carboxylic acid groups (broad SMARTS) is 1. The van der Waals surface area contributed by atoms with Crippen molar-refractivity contribution in [1.82, 2.24) is 14.8 Å². The zero-order chi connectivity index (χ0) is 26.2. The Labute approximate surface area is 217 Å². The van der Waals surface area contributed by atoms with E-state index in [1.807, 2.05) is 45.0 Å². The van der Waals surface area contributed by atoms with Gasteiger partial charge in [-0.25, -0.2) is 4.79 Å². The maximum Gasteiger partial charge on any atom is 0.408 e. The summed E-state index contributed by atoms with van der Waals surface area (Å²) < 4.78 is 2.09. The number of carbonyl (C=O) groups is 3. The number of fused-ring (bicyclic) bond motifs is 1. The molecule has 2 aromatic heterocycles. The summed E-state index contributed by atoms with van der Waals surface area (Å²) in [6.07, 6.45) is 2.14. The van der Waals surface area contributed by atoms with E-state index in [4.69, 9.17) is 11.6 Å². The van der Waals surface area contributed by atoms with Gasteiger partial charge in [-0.1, -0.05) is 35.9 Å². The Morgan fingerprint density at radius 3 is 2.56 bits per heavy atom. The molecule has 2 heterocycles. The fraction of sp³-hybridized carbons (Fsp3) is 0.269. The molecule has 188 valence electrons. The summed E-state index contributed by atoms with van der Waals surface area (Å²) in [7, 11) is 0. The zero-order valence-corrected chi connectivity index (χ0v) is 21.6. The van der Waals surface area contributed by atoms with Crippen LogP contribution < -0.4 is 5.32 Å². The molecule has 2 amide bonds. The van der Waals surface area contributed by atoms with Crippen molar-refractivity contribution in [1.29, 1.82) is 0 Å². The average Bonchev–Trinajstić information content (AvgIpc) is 3.34. The zero-order valence-electron chi connectivity index (χ0n) is 20.0. The molecular weight excluding hydrogens is 502 g/mol. The number of carbonyl (C=O) groups excluding carboxylic acids is 2. The lowest BCUT2D eigenvalue weighted by atomic mass is 9.98. The summed E-state index contributed by atoms with van der Waals surface area (Å²) in [5, 5.41) is 23.4. The molecular formula is C26H26ClN3O5S. The third-order valence-electron chi connectivity index (χ3n) is 5.84. The predicted molar refractivity (Wildman–Crippen MR) is 138 cm³/mol. The lowest BCUT2D eigenvalue weighted by molar-refractivity contribution is -0.114. The Kier molecular flexibility index (Phi) is 6.97. The third-order valence-corrected chi connectivity index (χ3v) is 7.07. The molecule has 0 aliphatic heterocycles. The van der Waals surface area contributed by atoms with E-state index in [-0.39, 0.29) is 30.3 Å². The first-order chi connectivity index (χ1) is 16.9. The molecule has 0 radical (unpaired) electrons. The van der Waals surface area contributed by atoms with E-state index < -0.39 is 17.5 Å². The number of hydrogen-bond donors (Lipinski definition) is 3. The summed E-state index contributed by atoms with van der Waals surface area (Å²) in [6.45, 7) is 6.04. The van der Waals surface area contributed by atoms with Gasteiger partial charge >= 0.3 is 6.09 Å². The van der Waals surface area contributed by atoms with E-state index >= 15 is 0 Å². The molecule has 0 saturated heterocycles. The molecule has 4 rings (SSSR count). The lowest BCUT2D eigenvalue weighted by Crippen LogP contribution is -2.44. The minimum atomic E-state index is -1.00. The molecule has 1 aliphatic rings. The number of amides is 2. The molecule has 10 heteroatoms. The SMILES string of the molecule is CC(C)(C)N(Cc1cccc(Cn2cc3c(c2O)C(NC(=O)c2ccc(Cl)s2)=CC(=O)C3)c1)C(=O)O. The van der Waals surface area contributed by atoms with Crippen molar-refractivity contribution in [3.63, 3.8) is 0 Å². The van der Waals surface area contributed by atoms with Crippen molar-refractivity contribution >= 4 is 46.4 Å². The van der Waals surface area contributed by atoms with Crippen LogP contribution >= 0.6 is 22.9 Å². The van der Waals surface area contributed by atoms with Crippen molar-refractivity contribution < 1.29 is 24.6 Å². The minimum absolute atomic E-state index is 0.0690. The minimum Gasteiger partial charge on any atom is -0.494 e. The predicted octanol–water partition coefficient (Wildman–Crippen LogP) is 5.13. The Bertz CT molecular complexity index is 1380. The van der Waals surface area contributed by atoms with Gasteiger partial charge in [-0.2, -0.15) is 0 Å². The van der Waals surface area contributed by atoms with Gasteiger partial charge in [-0.15, -0.1) is 11.3 Å². The molecule has 1 aliphatic carbocycles. The van der Waals surface area contributed by atoms with Crippen molar-refractivity contribution in [2.24, 2.45) is 0 Å². The Morgan fingerprint density at radius 2 is 1.92 bits per heavy atom. The molecule has 0 fully saturated rings. The van der Waals surface area contributed by atoms with E-state index in [0.717, 1.165) is 22.5 Å². The quantitative estimate of drug-likeness (QED) is 0.411. The number of nitrogens with zero attached hydrogens (tertiary/aromatic N) is 2. The van der Waals surface area contributed by atoms with Gasteiger partial charge in [0.25, 0.3) is 5.91 Å². The van der Waals surface area contributed by atoms with Crippen LogP contribution in [0.5, 0.6) is 5.88 Å². The third kappa shape index (κ3) is 5.47. The topological polar surface area (TPSA) is 112 Å². The first-order valence-electron chi connectivity index (χ1n) is 11.2. The number of allylic oxidation sites excluding steroid dienone is 1. The van der Waals surface area contributed by atoms with Gasteiger partial charge in [0.2, 0.25) is 5.88 Å². The second-order valence-corrected chi connectivity index (χ2v) is 11.3. The van der Waals surface area contributed by atoms with E-state index in [1.54, 1.807) is 22.9 Å². The van der Waals surface area contributed by atoms with Crippen LogP contribution in [0.15, 0.2) is 48.7 Å². The number of halogens is 1. The van der Waals surface area contributed by atoms with Crippen molar-refractivity contribution in [2.75, 3.05) is 0 Å². The van der Waals surface area contributed by atoms with Crippen LogP contribution in [0.3, 0.4) is 0 Å². The molecule has 1 aromatic carbocycles. The summed E-state index contributed by atoms with van der Waals surface area (Å²) in [6, 6.07) is 10.7. The maximum atomic E-state index is 12.7. The average molecular weight is 528 g/mol. The van der Waals surface area contributed by atoms with Crippen LogP contribution in [0.1, 0.15) is 52.7 Å². The lowest BCUT2D eigenvalue weighted by Gasteiger charge is -2.33. The van der Waals surface area contributed by atoms with Gasteiger partial charge in [-0.05, 0) is 49.6 Å². The molecule has 3 N–H and O–H groups in total. The molecule has 8 nitrogen and oxygen atoms in total. The Balaban J connectivity index is 1.58. The highest BCUT2D eigenvalue weighted by Gasteiger charge is 2.28. The smallest absolute Gasteiger partial charge is 0.408 e. The van der Waals surface area contributed by atoms with Gasteiger partial charge < -0.3 is 20.1 Å². The van der Waals surface area contributed by atoms with Crippen LogP contribution in [-0.4, -0.2) is 43.0 Å². The first-order valence-corrected chi connectivity index (χ1v) is 12.4. The van der Waals surface area contributed by atoms with Gasteiger partial charge in [0.05, 0.1) is 27.0 Å². The summed E-state index contributed by atoms with van der Waals surface area (Å²) >= 11 is 7.05. The number of aromatic hydroxyl groups is 1. The molecule has 0 atom stereocenters. The summed E-state index contributed by atoms with van der Waals surface area (Å²) in [4.78, 5) is 38.5. The molecule has 0 bridgehead atoms. The van der Waals surface area contributed by atoms with E-state index in [2.05, 4.69) is 5.32 Å². The molecule has 36 heavy (non-hydrogen) atoms. The molecule has 0 unspecified atom stereocenters. The van der Waals surface area contributed by atoms with Gasteiger partial charge in [0.15, 0.2) is 5.78 Å². The first kappa shape index (κ1) is 25.5. The Morgan fingerprint density at radius 1 is 1.19 bits per heavy atom. The number of nitrogens with one attached hydrogen (secondary N) is 1. The van der Waals surface area contributed by atoms with E-state index in [0.29, 0.717) is 26.9 Å². The standard InChI is InChI=1S/C26H26ClN3O5S/c1-26(2,3)30(25(34)35)13-16-6-4-5-15(9-16)12-29-14-17-10-18(31)11-19(22(17)24(29)33)28-23(32)20-7-8-21(27)36-20/h4-9,11,14,33H,10,12-13H2,1-3H3,(H,28,32)(H,34,35). The number of rotatable bonds is 6. The van der Waals surface area contributed by atoms with Crippen LogP contribution in [-0.2, 0) is 24.3 Å². The normalized spacial score (nSPS) is 13.2. The number of ketones is 1. The number of thiophene rings is 1. The van der Waals surface area contributed by atoms with Crippen molar-refractivity contribution in [3.05, 3.63) is 80.1 Å². The fourth-order valence-corrected chi connectivity index (χ4v) is 5.08. The van der Waals surface area contributed by atoms with Crippen molar-refractivity contribution in [3.8, 4) is 5.88 Å². The van der Waals surface area contributed by atoms with Crippen LogP contribution in [0.25, 0.3) is 5.70 Å². The van der Waals surface area contributed by atoms with Gasteiger partial charge in [0.1, 0.15) is 0 Å². The highest BCUT2D eigenvalue weighted by molar-refractivity contribution is 7.18. The number of aromatic nitrogens is 1. The fourth-order valence-electron chi connectivity index (χ4n) is 4.14. The summed E-state index contributed by atoms with van der Waals surface area (Å²) in [5.41, 5.74) is 2.37. The monoisotopic (exact) mass is 527 g/mol. The van der Waals surface area contributed by atoms with Crippen LogP contribution in [0, 0.1) is 0 Å². The molecule has 3 aromatic rings.